The van der Waals surface area contributed by atoms with E-state index in [4.69, 9.17) is 9.47 Å². The maximum atomic E-state index is 12.5. The molecule has 0 bridgehead atoms. The molecular weight excluding hydrogens is 362 g/mol. The number of benzene rings is 1. The first kappa shape index (κ1) is 21.5. The molecule has 1 aliphatic rings. The van der Waals surface area contributed by atoms with Crippen molar-refractivity contribution < 1.29 is 23.9 Å². The SMILES string of the molecule is COc1ccccc1C(=O)NC1CCN(C(=O)CNC(=O)OC(C)(C)C)CC1. The molecule has 2 N–H and O–H groups in total. The van der Waals surface area contributed by atoms with E-state index in [1.165, 1.54) is 7.11 Å². The van der Waals surface area contributed by atoms with Crippen molar-refractivity contribution in [1.82, 2.24) is 15.5 Å². The average molecular weight is 391 g/mol. The van der Waals surface area contributed by atoms with Gasteiger partial charge in [-0.2, -0.15) is 0 Å². The Bertz CT molecular complexity index is 706. The number of para-hydroxylation sites is 1. The van der Waals surface area contributed by atoms with Gasteiger partial charge in [0.2, 0.25) is 5.91 Å². The molecule has 1 aliphatic heterocycles. The fourth-order valence-corrected chi connectivity index (χ4v) is 2.94. The van der Waals surface area contributed by atoms with Crippen molar-refractivity contribution in [3.05, 3.63) is 29.8 Å². The molecule has 1 aromatic rings. The number of carbonyl (C=O) groups excluding carboxylic acids is 3. The van der Waals surface area contributed by atoms with Crippen LogP contribution in [0.3, 0.4) is 0 Å². The summed E-state index contributed by atoms with van der Waals surface area (Å²) >= 11 is 0. The lowest BCUT2D eigenvalue weighted by molar-refractivity contribution is -0.131. The Hall–Kier alpha value is -2.77. The molecule has 154 valence electrons. The van der Waals surface area contributed by atoms with E-state index in [2.05, 4.69) is 10.6 Å². The molecule has 8 nitrogen and oxygen atoms in total. The van der Waals surface area contributed by atoms with Crippen molar-refractivity contribution in [2.75, 3.05) is 26.7 Å². The van der Waals surface area contributed by atoms with Gasteiger partial charge in [-0.15, -0.1) is 0 Å². The second-order valence-corrected chi connectivity index (χ2v) is 7.68. The summed E-state index contributed by atoms with van der Waals surface area (Å²) in [6.07, 6.45) is 0.692. The number of nitrogens with zero attached hydrogens (tertiary/aromatic N) is 1. The highest BCUT2D eigenvalue weighted by Crippen LogP contribution is 2.18. The first-order valence-corrected chi connectivity index (χ1v) is 9.38. The molecule has 0 aromatic heterocycles. The average Bonchev–Trinajstić information content (AvgIpc) is 2.65. The van der Waals surface area contributed by atoms with Gasteiger partial charge in [0.05, 0.1) is 12.7 Å². The molecule has 0 unspecified atom stereocenters. The number of alkyl carbamates (subject to hydrolysis) is 1. The molecule has 3 amide bonds. The molecule has 0 aliphatic carbocycles. The van der Waals surface area contributed by atoms with Crippen LogP contribution in [0.4, 0.5) is 4.79 Å². The van der Waals surface area contributed by atoms with Crippen LogP contribution in [0.25, 0.3) is 0 Å². The molecule has 8 heteroatoms. The lowest BCUT2D eigenvalue weighted by Crippen LogP contribution is -2.49. The van der Waals surface area contributed by atoms with Gasteiger partial charge < -0.3 is 25.0 Å². The van der Waals surface area contributed by atoms with Crippen LogP contribution in [0.5, 0.6) is 5.75 Å². The molecule has 2 rings (SSSR count). The molecule has 0 radical (unpaired) electrons. The number of hydrogen-bond acceptors (Lipinski definition) is 5. The number of rotatable bonds is 5. The maximum absolute atomic E-state index is 12.5. The van der Waals surface area contributed by atoms with Crippen LogP contribution >= 0.6 is 0 Å². The number of carbonyl (C=O) groups is 3. The van der Waals surface area contributed by atoms with E-state index in [0.717, 1.165) is 0 Å². The summed E-state index contributed by atoms with van der Waals surface area (Å²) in [5.74, 6) is 0.176. The fraction of sp³-hybridized carbons (Fsp3) is 0.550. The van der Waals surface area contributed by atoms with Crippen LogP contribution in [-0.2, 0) is 9.53 Å². The molecule has 0 saturated carbocycles. The number of piperidine rings is 1. The predicted octanol–water partition coefficient (Wildman–Crippen LogP) is 1.94. The van der Waals surface area contributed by atoms with E-state index in [1.807, 2.05) is 6.07 Å². The summed E-state index contributed by atoms with van der Waals surface area (Å²) in [6, 6.07) is 7.05. The summed E-state index contributed by atoms with van der Waals surface area (Å²) in [5, 5.41) is 5.48. The Morgan fingerprint density at radius 3 is 2.39 bits per heavy atom. The zero-order valence-electron chi connectivity index (χ0n) is 16.9. The minimum Gasteiger partial charge on any atom is -0.496 e. The van der Waals surface area contributed by atoms with E-state index >= 15 is 0 Å². The summed E-state index contributed by atoms with van der Waals surface area (Å²) in [6.45, 7) is 6.22. The summed E-state index contributed by atoms with van der Waals surface area (Å²) in [5.41, 5.74) is -0.115. The number of methoxy groups -OCH3 is 1. The van der Waals surface area contributed by atoms with Gasteiger partial charge in [-0.25, -0.2) is 4.79 Å². The Kier molecular flexibility index (Phi) is 7.25. The summed E-state index contributed by atoms with van der Waals surface area (Å²) in [4.78, 5) is 38.0. The van der Waals surface area contributed by atoms with Gasteiger partial charge in [0.15, 0.2) is 0 Å². The maximum Gasteiger partial charge on any atom is 0.408 e. The highest BCUT2D eigenvalue weighted by molar-refractivity contribution is 5.97. The monoisotopic (exact) mass is 391 g/mol. The number of nitrogens with one attached hydrogen (secondary N) is 2. The van der Waals surface area contributed by atoms with Gasteiger partial charge in [0.25, 0.3) is 5.91 Å². The van der Waals surface area contributed by atoms with Crippen molar-refractivity contribution in [1.29, 1.82) is 0 Å². The first-order chi connectivity index (χ1) is 13.2. The van der Waals surface area contributed by atoms with Crippen molar-refractivity contribution in [2.45, 2.75) is 45.3 Å². The highest BCUT2D eigenvalue weighted by atomic mass is 16.6. The zero-order chi connectivity index (χ0) is 20.7. The van der Waals surface area contributed by atoms with Gasteiger partial charge in [0, 0.05) is 19.1 Å². The van der Waals surface area contributed by atoms with Crippen molar-refractivity contribution in [3.8, 4) is 5.75 Å². The topological polar surface area (TPSA) is 97.0 Å². The van der Waals surface area contributed by atoms with Crippen molar-refractivity contribution >= 4 is 17.9 Å². The number of hydrogen-bond donors (Lipinski definition) is 2. The van der Waals surface area contributed by atoms with Gasteiger partial charge in [-0.3, -0.25) is 9.59 Å². The largest absolute Gasteiger partial charge is 0.496 e. The first-order valence-electron chi connectivity index (χ1n) is 9.38. The molecule has 1 saturated heterocycles. The molecule has 0 atom stereocenters. The smallest absolute Gasteiger partial charge is 0.408 e. The van der Waals surface area contributed by atoms with Crippen LogP contribution in [0.2, 0.25) is 0 Å². The van der Waals surface area contributed by atoms with Gasteiger partial charge >= 0.3 is 6.09 Å². The van der Waals surface area contributed by atoms with Crippen LogP contribution in [0, 0.1) is 0 Å². The van der Waals surface area contributed by atoms with E-state index in [-0.39, 0.29) is 24.4 Å². The summed E-state index contributed by atoms with van der Waals surface area (Å²) < 4.78 is 10.3. The van der Waals surface area contributed by atoms with Crippen LogP contribution in [0.1, 0.15) is 44.0 Å². The lowest BCUT2D eigenvalue weighted by Gasteiger charge is -2.32. The van der Waals surface area contributed by atoms with Crippen LogP contribution in [-0.4, -0.2) is 61.2 Å². The van der Waals surface area contributed by atoms with Crippen LogP contribution < -0.4 is 15.4 Å². The van der Waals surface area contributed by atoms with E-state index in [9.17, 15) is 14.4 Å². The number of likely N-dealkylation sites (tertiary alicyclic amines) is 1. The second kappa shape index (κ2) is 9.43. The molecule has 0 spiro atoms. The van der Waals surface area contributed by atoms with Gasteiger partial charge in [-0.05, 0) is 45.7 Å². The third-order valence-electron chi connectivity index (χ3n) is 4.32. The molecule has 1 heterocycles. The number of amides is 3. The standard InChI is InChI=1S/C20H29N3O5/c1-20(2,3)28-19(26)21-13-17(24)23-11-9-14(10-12-23)22-18(25)15-7-5-6-8-16(15)27-4/h5-8,14H,9-13H2,1-4H3,(H,21,26)(H,22,25). The van der Waals surface area contributed by atoms with Crippen molar-refractivity contribution in [2.24, 2.45) is 0 Å². The third-order valence-corrected chi connectivity index (χ3v) is 4.32. The quantitative estimate of drug-likeness (QED) is 0.800. The Balaban J connectivity index is 1.77. The predicted molar refractivity (Wildman–Crippen MR) is 104 cm³/mol. The van der Waals surface area contributed by atoms with Crippen molar-refractivity contribution in [3.63, 3.8) is 0 Å². The Labute approximate surface area is 165 Å². The lowest BCUT2D eigenvalue weighted by atomic mass is 10.0. The third kappa shape index (κ3) is 6.44. The molecular formula is C20H29N3O5. The molecule has 1 aromatic carbocycles. The zero-order valence-corrected chi connectivity index (χ0v) is 16.9. The summed E-state index contributed by atoms with van der Waals surface area (Å²) in [7, 11) is 1.53. The minimum absolute atomic E-state index is 0.0136. The fourth-order valence-electron chi connectivity index (χ4n) is 2.94. The Morgan fingerprint density at radius 2 is 1.79 bits per heavy atom. The van der Waals surface area contributed by atoms with E-state index < -0.39 is 11.7 Å². The second-order valence-electron chi connectivity index (χ2n) is 7.68. The minimum atomic E-state index is -0.611. The Morgan fingerprint density at radius 1 is 1.14 bits per heavy atom. The normalized spacial score (nSPS) is 14.9. The van der Waals surface area contributed by atoms with E-state index in [1.54, 1.807) is 43.9 Å². The molecule has 1 fully saturated rings. The van der Waals surface area contributed by atoms with Gasteiger partial charge in [0.1, 0.15) is 17.9 Å². The number of ether oxygens (including phenoxy) is 2. The van der Waals surface area contributed by atoms with E-state index in [0.29, 0.717) is 37.2 Å². The highest BCUT2D eigenvalue weighted by Gasteiger charge is 2.25. The van der Waals surface area contributed by atoms with Crippen LogP contribution in [0.15, 0.2) is 24.3 Å². The molecule has 28 heavy (non-hydrogen) atoms. The van der Waals surface area contributed by atoms with Gasteiger partial charge in [-0.1, -0.05) is 12.1 Å².